The highest BCUT2D eigenvalue weighted by atomic mass is 35.5. The summed E-state index contributed by atoms with van der Waals surface area (Å²) in [4.78, 5) is -0.494. The molecule has 0 saturated carbocycles. The Bertz CT molecular complexity index is 1480. The minimum Gasteiger partial charge on any atom is -0.230 e. The number of rotatable bonds is 6. The van der Waals surface area contributed by atoms with Gasteiger partial charge < -0.3 is 0 Å². The van der Waals surface area contributed by atoms with E-state index in [9.17, 15) is 18.1 Å². The Labute approximate surface area is 199 Å². The summed E-state index contributed by atoms with van der Waals surface area (Å²) in [6, 6.07) is 20.8. The number of sulfonamides is 1. The molecule has 0 aliphatic heterocycles. The molecular weight excluding hydrogens is 486 g/mol. The van der Waals surface area contributed by atoms with Gasteiger partial charge in [-0.15, -0.1) is 0 Å². The molecule has 0 aliphatic carbocycles. The van der Waals surface area contributed by atoms with Crippen LogP contribution in [0.1, 0.15) is 11.3 Å². The van der Waals surface area contributed by atoms with Crippen LogP contribution in [0.15, 0.2) is 77.7 Å². The van der Waals surface area contributed by atoms with Gasteiger partial charge in [-0.3, -0.25) is 0 Å². The zero-order valence-corrected chi connectivity index (χ0v) is 19.2. The van der Waals surface area contributed by atoms with Crippen LogP contribution in [0.4, 0.5) is 4.39 Å². The third-order valence-electron chi connectivity index (χ3n) is 4.82. The highest BCUT2D eigenvalue weighted by molar-refractivity contribution is 7.89. The second kappa shape index (κ2) is 9.33. The van der Waals surface area contributed by atoms with E-state index in [1.54, 1.807) is 48.5 Å². The molecule has 3 aromatic carbocycles. The molecule has 1 aromatic heterocycles. The smallest absolute Gasteiger partial charge is 0.230 e. The predicted octanol–water partition coefficient (Wildman–Crippen LogP) is 5.34. The molecule has 10 heteroatoms. The van der Waals surface area contributed by atoms with Crippen molar-refractivity contribution in [2.75, 3.05) is 0 Å². The van der Waals surface area contributed by atoms with E-state index in [1.807, 2.05) is 0 Å². The Morgan fingerprint density at radius 2 is 1.67 bits per heavy atom. The van der Waals surface area contributed by atoms with Crippen LogP contribution in [0, 0.1) is 17.1 Å². The second-order valence-corrected chi connectivity index (χ2v) is 9.49. The third kappa shape index (κ3) is 4.63. The fraction of sp³-hybridized carbons (Fsp3) is 0.0435. The number of aromatic nitrogens is 2. The van der Waals surface area contributed by atoms with Gasteiger partial charge in [-0.2, -0.15) is 10.4 Å². The van der Waals surface area contributed by atoms with Gasteiger partial charge in [0, 0.05) is 10.6 Å². The predicted molar refractivity (Wildman–Crippen MR) is 124 cm³/mol. The van der Waals surface area contributed by atoms with E-state index < -0.39 is 20.7 Å². The van der Waals surface area contributed by atoms with E-state index in [-0.39, 0.29) is 17.8 Å². The lowest BCUT2D eigenvalue weighted by molar-refractivity contribution is 0.556. The first kappa shape index (κ1) is 23.0. The molecular formula is C23H15Cl2FN4O2S. The summed E-state index contributed by atoms with van der Waals surface area (Å²) in [5, 5.41) is 15.3. The Hall–Kier alpha value is -3.22. The Morgan fingerprint density at radius 3 is 2.33 bits per heavy atom. The molecule has 0 unspecified atom stereocenters. The zero-order chi connectivity index (χ0) is 23.6. The van der Waals surface area contributed by atoms with Gasteiger partial charge in [0.05, 0.1) is 28.6 Å². The average Bonchev–Trinajstić information content (AvgIpc) is 3.17. The minimum absolute atomic E-state index is 0.147. The Morgan fingerprint density at radius 1 is 1.00 bits per heavy atom. The number of nitrogens with one attached hydrogen (secondary N) is 1. The van der Waals surface area contributed by atoms with Crippen molar-refractivity contribution in [1.82, 2.24) is 14.5 Å². The highest BCUT2D eigenvalue weighted by Gasteiger charge is 2.24. The van der Waals surface area contributed by atoms with Crippen molar-refractivity contribution in [3.05, 3.63) is 99.9 Å². The SMILES string of the molecule is N#Cc1c(CNS(=O)(=O)c2ccccc2F)nn(-c2ccccc2Cl)c1-c1ccc(Cl)cc1. The van der Waals surface area contributed by atoms with Crippen molar-refractivity contribution in [1.29, 1.82) is 5.26 Å². The largest absolute Gasteiger partial charge is 0.243 e. The summed E-state index contributed by atoms with van der Waals surface area (Å²) in [5.41, 5.74) is 1.86. The Kier molecular flexibility index (Phi) is 6.49. The molecule has 1 heterocycles. The third-order valence-corrected chi connectivity index (χ3v) is 6.83. The number of hydrogen-bond donors (Lipinski definition) is 1. The van der Waals surface area contributed by atoms with E-state index in [4.69, 9.17) is 23.2 Å². The molecule has 0 amide bonds. The van der Waals surface area contributed by atoms with Crippen molar-refractivity contribution in [2.24, 2.45) is 0 Å². The van der Waals surface area contributed by atoms with Gasteiger partial charge in [0.1, 0.15) is 22.3 Å². The maximum atomic E-state index is 14.0. The summed E-state index contributed by atoms with van der Waals surface area (Å²) in [6.07, 6.45) is 0. The molecule has 166 valence electrons. The lowest BCUT2D eigenvalue weighted by atomic mass is 10.1. The fourth-order valence-corrected chi connectivity index (χ4v) is 4.69. The molecule has 0 atom stereocenters. The molecule has 0 fully saturated rings. The average molecular weight is 501 g/mol. The fourth-order valence-electron chi connectivity index (χ4n) is 3.28. The first-order chi connectivity index (χ1) is 15.8. The normalized spacial score (nSPS) is 11.3. The van der Waals surface area contributed by atoms with Gasteiger partial charge in [0.2, 0.25) is 10.0 Å². The number of para-hydroxylation sites is 1. The number of nitriles is 1. The van der Waals surface area contributed by atoms with Crippen LogP contribution >= 0.6 is 23.2 Å². The molecule has 0 spiro atoms. The lowest BCUT2D eigenvalue weighted by Gasteiger charge is -2.09. The van der Waals surface area contributed by atoms with Crippen molar-refractivity contribution in [3.63, 3.8) is 0 Å². The molecule has 0 radical (unpaired) electrons. The summed E-state index contributed by atoms with van der Waals surface area (Å²) in [5.74, 6) is -0.881. The molecule has 6 nitrogen and oxygen atoms in total. The van der Waals surface area contributed by atoms with Crippen LogP contribution in [-0.4, -0.2) is 18.2 Å². The van der Waals surface area contributed by atoms with Crippen LogP contribution in [0.2, 0.25) is 10.0 Å². The molecule has 4 rings (SSSR count). The zero-order valence-electron chi connectivity index (χ0n) is 16.8. The molecule has 0 bridgehead atoms. The number of nitrogens with zero attached hydrogens (tertiary/aromatic N) is 3. The summed E-state index contributed by atoms with van der Waals surface area (Å²) in [6.45, 7) is -0.336. The number of benzene rings is 3. The van der Waals surface area contributed by atoms with E-state index in [1.165, 1.54) is 16.8 Å². The number of halogens is 3. The molecule has 1 N–H and O–H groups in total. The molecule has 0 saturated heterocycles. The molecule has 4 aromatic rings. The topological polar surface area (TPSA) is 87.8 Å². The van der Waals surface area contributed by atoms with Crippen LogP contribution in [0.3, 0.4) is 0 Å². The van der Waals surface area contributed by atoms with Crippen molar-refractivity contribution in [3.8, 4) is 23.0 Å². The summed E-state index contributed by atoms with van der Waals surface area (Å²) >= 11 is 12.4. The van der Waals surface area contributed by atoms with Crippen LogP contribution in [-0.2, 0) is 16.6 Å². The van der Waals surface area contributed by atoms with Crippen LogP contribution < -0.4 is 4.72 Å². The van der Waals surface area contributed by atoms with Gasteiger partial charge in [0.25, 0.3) is 0 Å². The van der Waals surface area contributed by atoms with Gasteiger partial charge >= 0.3 is 0 Å². The quantitative estimate of drug-likeness (QED) is 0.387. The van der Waals surface area contributed by atoms with Crippen LogP contribution in [0.5, 0.6) is 0 Å². The van der Waals surface area contributed by atoms with Crippen molar-refractivity contribution >= 4 is 33.2 Å². The molecule has 0 aliphatic rings. The number of hydrogen-bond acceptors (Lipinski definition) is 4. The van der Waals surface area contributed by atoms with Gasteiger partial charge in [-0.25, -0.2) is 22.2 Å². The van der Waals surface area contributed by atoms with E-state index in [0.29, 0.717) is 27.0 Å². The van der Waals surface area contributed by atoms with Gasteiger partial charge in [-0.05, 0) is 36.4 Å². The van der Waals surface area contributed by atoms with Crippen LogP contribution in [0.25, 0.3) is 16.9 Å². The maximum absolute atomic E-state index is 14.0. The van der Waals surface area contributed by atoms with E-state index in [2.05, 4.69) is 15.9 Å². The summed E-state index contributed by atoms with van der Waals surface area (Å²) in [7, 11) is -4.19. The lowest BCUT2D eigenvalue weighted by Crippen LogP contribution is -2.24. The first-order valence-electron chi connectivity index (χ1n) is 9.59. The maximum Gasteiger partial charge on any atom is 0.243 e. The first-order valence-corrected chi connectivity index (χ1v) is 11.8. The highest BCUT2D eigenvalue weighted by Crippen LogP contribution is 2.32. The van der Waals surface area contributed by atoms with E-state index >= 15 is 0 Å². The van der Waals surface area contributed by atoms with E-state index in [0.717, 1.165) is 12.1 Å². The molecule has 33 heavy (non-hydrogen) atoms. The monoisotopic (exact) mass is 500 g/mol. The summed E-state index contributed by atoms with van der Waals surface area (Å²) < 4.78 is 43.1. The Balaban J connectivity index is 1.82. The van der Waals surface area contributed by atoms with Gasteiger partial charge in [0.15, 0.2) is 0 Å². The standard InChI is InChI=1S/C23H15Cl2FN4O2S/c24-16-11-9-15(10-12-16)23-17(13-27)20(29-30(23)21-7-3-1-5-18(21)25)14-28-33(31,32)22-8-4-2-6-19(22)26/h1-12,28H,14H2. The van der Waals surface area contributed by atoms with Crippen molar-refractivity contribution in [2.45, 2.75) is 11.4 Å². The second-order valence-electron chi connectivity index (χ2n) is 6.91. The minimum atomic E-state index is -4.19. The van der Waals surface area contributed by atoms with Crippen molar-refractivity contribution < 1.29 is 12.8 Å². The van der Waals surface area contributed by atoms with Gasteiger partial charge in [-0.1, -0.05) is 59.6 Å².